The summed E-state index contributed by atoms with van der Waals surface area (Å²) in [6, 6.07) is 5.60. The van der Waals surface area contributed by atoms with E-state index < -0.39 is 11.7 Å². The van der Waals surface area contributed by atoms with E-state index in [0.717, 1.165) is 51.4 Å². The Morgan fingerprint density at radius 2 is 1.91 bits per heavy atom. The number of rotatable bonds is 2. The number of anilines is 1. The Morgan fingerprint density at radius 3 is 2.48 bits per heavy atom. The molecule has 23 heavy (non-hydrogen) atoms. The summed E-state index contributed by atoms with van der Waals surface area (Å²) in [5, 5.41) is 8.86. The molecule has 0 saturated carbocycles. The van der Waals surface area contributed by atoms with Gasteiger partial charge in [-0.1, -0.05) is 0 Å². The lowest BCUT2D eigenvalue weighted by molar-refractivity contribution is -0.137. The molecule has 0 aliphatic carbocycles. The molecule has 6 heteroatoms. The molecule has 0 bridgehead atoms. The fraction of sp³-hybridized carbons (Fsp3) is 0.588. The number of hydrogen-bond acceptors (Lipinski definition) is 3. The van der Waals surface area contributed by atoms with Crippen molar-refractivity contribution in [1.29, 1.82) is 5.26 Å². The van der Waals surface area contributed by atoms with Crippen LogP contribution in [0.25, 0.3) is 0 Å². The molecule has 0 radical (unpaired) electrons. The molecule has 1 aromatic rings. The standard InChI is InChI=1S/C17H19F3N2O/c18-17(19,20)15-10-14(4-3-13(15)11-21)22-7-5-12(6-8-22)16-2-1-9-23-16/h3-4,10,12,16H,1-2,5-9H2. The summed E-state index contributed by atoms with van der Waals surface area (Å²) in [6.07, 6.45) is -0.103. The van der Waals surface area contributed by atoms with Crippen molar-refractivity contribution in [2.24, 2.45) is 5.92 Å². The highest BCUT2D eigenvalue weighted by Crippen LogP contribution is 2.36. The first-order chi connectivity index (χ1) is 11.0. The van der Waals surface area contributed by atoms with Gasteiger partial charge < -0.3 is 9.64 Å². The molecule has 2 fully saturated rings. The van der Waals surface area contributed by atoms with Crippen LogP contribution in [0.1, 0.15) is 36.8 Å². The maximum absolute atomic E-state index is 13.1. The van der Waals surface area contributed by atoms with Gasteiger partial charge in [-0.05, 0) is 49.8 Å². The Bertz CT molecular complexity index is 595. The summed E-state index contributed by atoms with van der Waals surface area (Å²) in [7, 11) is 0. The molecule has 2 aliphatic rings. The summed E-state index contributed by atoms with van der Waals surface area (Å²) in [5.74, 6) is 0.509. The molecule has 2 aliphatic heterocycles. The van der Waals surface area contributed by atoms with Gasteiger partial charge in [0, 0.05) is 25.4 Å². The number of ether oxygens (including phenoxy) is 1. The first-order valence-electron chi connectivity index (χ1n) is 7.97. The molecule has 2 heterocycles. The topological polar surface area (TPSA) is 36.3 Å². The minimum absolute atomic E-state index is 0.323. The lowest BCUT2D eigenvalue weighted by Crippen LogP contribution is -2.37. The van der Waals surface area contributed by atoms with Crippen molar-refractivity contribution in [2.75, 3.05) is 24.6 Å². The predicted octanol–water partition coefficient (Wildman–Crippen LogP) is 3.97. The first kappa shape index (κ1) is 16.1. The molecule has 2 saturated heterocycles. The third kappa shape index (κ3) is 3.45. The van der Waals surface area contributed by atoms with E-state index in [1.807, 2.05) is 4.90 Å². The molecule has 0 aromatic heterocycles. The molecule has 0 spiro atoms. The lowest BCUT2D eigenvalue weighted by Gasteiger charge is -2.36. The van der Waals surface area contributed by atoms with Gasteiger partial charge in [-0.25, -0.2) is 0 Å². The zero-order valence-corrected chi connectivity index (χ0v) is 12.8. The number of nitrogens with zero attached hydrogens (tertiary/aromatic N) is 2. The average Bonchev–Trinajstić information content (AvgIpc) is 3.08. The van der Waals surface area contributed by atoms with Crippen LogP contribution in [-0.4, -0.2) is 25.8 Å². The number of nitriles is 1. The average molecular weight is 324 g/mol. The van der Waals surface area contributed by atoms with Gasteiger partial charge in [0.2, 0.25) is 0 Å². The highest BCUT2D eigenvalue weighted by molar-refractivity contribution is 5.55. The van der Waals surface area contributed by atoms with Crippen LogP contribution in [0.3, 0.4) is 0 Å². The van der Waals surface area contributed by atoms with Crippen molar-refractivity contribution < 1.29 is 17.9 Å². The van der Waals surface area contributed by atoms with Crippen LogP contribution < -0.4 is 4.90 Å². The Balaban J connectivity index is 1.72. The van der Waals surface area contributed by atoms with Gasteiger partial charge in [0.1, 0.15) is 0 Å². The summed E-state index contributed by atoms with van der Waals surface area (Å²) in [6.45, 7) is 2.29. The molecule has 3 rings (SSSR count). The van der Waals surface area contributed by atoms with E-state index in [1.54, 1.807) is 12.1 Å². The van der Waals surface area contributed by atoms with Crippen LogP contribution in [0.4, 0.5) is 18.9 Å². The quantitative estimate of drug-likeness (QED) is 0.826. The van der Waals surface area contributed by atoms with E-state index >= 15 is 0 Å². The van der Waals surface area contributed by atoms with Gasteiger partial charge in [-0.3, -0.25) is 0 Å². The van der Waals surface area contributed by atoms with Gasteiger partial charge in [0.05, 0.1) is 23.3 Å². The van der Waals surface area contributed by atoms with Crippen molar-refractivity contribution in [1.82, 2.24) is 0 Å². The van der Waals surface area contributed by atoms with Crippen molar-refractivity contribution in [3.63, 3.8) is 0 Å². The Hall–Kier alpha value is -1.74. The zero-order valence-electron chi connectivity index (χ0n) is 12.8. The van der Waals surface area contributed by atoms with Crippen LogP contribution in [0.5, 0.6) is 0 Å². The summed E-state index contributed by atoms with van der Waals surface area (Å²) in [4.78, 5) is 1.97. The fourth-order valence-corrected chi connectivity index (χ4v) is 3.56. The summed E-state index contributed by atoms with van der Waals surface area (Å²) in [5.41, 5.74) is -0.628. The predicted molar refractivity (Wildman–Crippen MR) is 80.1 cm³/mol. The third-order valence-electron chi connectivity index (χ3n) is 4.82. The molecular weight excluding hydrogens is 305 g/mol. The van der Waals surface area contributed by atoms with Gasteiger partial charge in [0.15, 0.2) is 0 Å². The Labute approximate surface area is 133 Å². The summed E-state index contributed by atoms with van der Waals surface area (Å²) >= 11 is 0. The van der Waals surface area contributed by atoms with E-state index in [9.17, 15) is 13.2 Å². The van der Waals surface area contributed by atoms with Gasteiger partial charge in [-0.15, -0.1) is 0 Å². The highest BCUT2D eigenvalue weighted by atomic mass is 19.4. The van der Waals surface area contributed by atoms with Crippen LogP contribution in [0.2, 0.25) is 0 Å². The normalized spacial score (nSPS) is 23.0. The van der Waals surface area contributed by atoms with Crippen molar-refractivity contribution >= 4 is 5.69 Å². The number of piperidine rings is 1. The molecule has 3 nitrogen and oxygen atoms in total. The largest absolute Gasteiger partial charge is 0.417 e. The van der Waals surface area contributed by atoms with Crippen molar-refractivity contribution in [2.45, 2.75) is 38.0 Å². The lowest BCUT2D eigenvalue weighted by atomic mass is 9.89. The molecule has 1 unspecified atom stereocenters. The maximum atomic E-state index is 13.1. The maximum Gasteiger partial charge on any atom is 0.417 e. The molecular formula is C17H19F3N2O. The minimum Gasteiger partial charge on any atom is -0.378 e. The van der Waals surface area contributed by atoms with Crippen molar-refractivity contribution in [3.05, 3.63) is 29.3 Å². The van der Waals surface area contributed by atoms with E-state index in [2.05, 4.69) is 0 Å². The minimum atomic E-state index is -4.50. The second-order valence-corrected chi connectivity index (χ2v) is 6.22. The Morgan fingerprint density at radius 1 is 1.17 bits per heavy atom. The first-order valence-corrected chi connectivity index (χ1v) is 7.97. The van der Waals surface area contributed by atoms with Crippen LogP contribution >= 0.6 is 0 Å². The zero-order chi connectivity index (χ0) is 16.4. The number of alkyl halides is 3. The van der Waals surface area contributed by atoms with Gasteiger partial charge >= 0.3 is 6.18 Å². The number of hydrogen-bond donors (Lipinski definition) is 0. The number of benzene rings is 1. The number of halogens is 3. The molecule has 0 N–H and O–H groups in total. The Kier molecular flexibility index (Phi) is 4.49. The van der Waals surface area contributed by atoms with Crippen LogP contribution in [-0.2, 0) is 10.9 Å². The van der Waals surface area contributed by atoms with Gasteiger partial charge in [0.25, 0.3) is 0 Å². The molecule has 124 valence electrons. The van der Waals surface area contributed by atoms with E-state index in [-0.39, 0.29) is 5.56 Å². The SMILES string of the molecule is N#Cc1ccc(N2CCC(C3CCCO3)CC2)cc1C(F)(F)F. The second kappa shape index (κ2) is 6.40. The van der Waals surface area contributed by atoms with E-state index in [0.29, 0.717) is 17.7 Å². The highest BCUT2D eigenvalue weighted by Gasteiger charge is 2.35. The van der Waals surface area contributed by atoms with Gasteiger partial charge in [-0.2, -0.15) is 18.4 Å². The second-order valence-electron chi connectivity index (χ2n) is 6.22. The van der Waals surface area contributed by atoms with Crippen LogP contribution in [0, 0.1) is 17.2 Å². The third-order valence-corrected chi connectivity index (χ3v) is 4.82. The monoisotopic (exact) mass is 324 g/mol. The molecule has 1 atom stereocenters. The fourth-order valence-electron chi connectivity index (χ4n) is 3.56. The van der Waals surface area contributed by atoms with E-state index in [4.69, 9.17) is 10.00 Å². The van der Waals surface area contributed by atoms with E-state index in [1.165, 1.54) is 6.07 Å². The van der Waals surface area contributed by atoms with Crippen molar-refractivity contribution in [3.8, 4) is 6.07 Å². The molecule has 0 amide bonds. The smallest absolute Gasteiger partial charge is 0.378 e. The summed E-state index contributed by atoms with van der Waals surface area (Å²) < 4.78 is 44.9. The molecule has 1 aromatic carbocycles. The van der Waals surface area contributed by atoms with Crippen LogP contribution in [0.15, 0.2) is 18.2 Å².